The van der Waals surface area contributed by atoms with E-state index < -0.39 is 42.0 Å². The van der Waals surface area contributed by atoms with Crippen molar-refractivity contribution < 1.29 is 33.8 Å². The van der Waals surface area contributed by atoms with E-state index in [2.05, 4.69) is 20.5 Å². The highest BCUT2D eigenvalue weighted by Gasteiger charge is 2.38. The van der Waals surface area contributed by atoms with Crippen LogP contribution < -0.4 is 10.6 Å². The number of aromatic nitrogens is 1. The summed E-state index contributed by atoms with van der Waals surface area (Å²) in [6, 6.07) is 6.87. The van der Waals surface area contributed by atoms with Crippen LogP contribution in [0.15, 0.2) is 29.6 Å². The van der Waals surface area contributed by atoms with Crippen LogP contribution in [0.25, 0.3) is 0 Å². The first-order chi connectivity index (χ1) is 25.1. The van der Waals surface area contributed by atoms with Gasteiger partial charge in [0.2, 0.25) is 5.91 Å². The second kappa shape index (κ2) is 20.6. The smallest absolute Gasteiger partial charge is 0.407 e. The van der Waals surface area contributed by atoms with Crippen molar-refractivity contribution >= 4 is 41.0 Å². The molecule has 7 atom stereocenters. The van der Waals surface area contributed by atoms with Gasteiger partial charge in [-0.1, -0.05) is 77.3 Å². The molecule has 1 saturated heterocycles. The molecule has 1 aromatic heterocycles. The minimum absolute atomic E-state index is 0.0122. The first kappa shape index (κ1) is 43.6. The summed E-state index contributed by atoms with van der Waals surface area (Å²) in [7, 11) is 5.19. The van der Waals surface area contributed by atoms with E-state index in [-0.39, 0.29) is 60.6 Å². The number of likely N-dealkylation sites (N-methyl/N-ethyl adjacent to an activating group) is 1. The molecule has 3 amide bonds. The van der Waals surface area contributed by atoms with E-state index in [9.17, 15) is 29.1 Å². The molecule has 0 saturated carbocycles. The van der Waals surface area contributed by atoms with Crippen molar-refractivity contribution in [2.24, 2.45) is 23.7 Å². The number of alkyl carbamates (subject to hydrolysis) is 1. The summed E-state index contributed by atoms with van der Waals surface area (Å²) in [6.45, 7) is 12.5. The van der Waals surface area contributed by atoms with Gasteiger partial charge >= 0.3 is 12.1 Å². The van der Waals surface area contributed by atoms with Gasteiger partial charge in [-0.25, -0.2) is 9.78 Å². The average Bonchev–Trinajstić information content (AvgIpc) is 3.62. The molecule has 0 unspecified atom stereocenters. The lowest BCUT2D eigenvalue weighted by molar-refractivity contribution is -0.143. The normalized spacial score (nSPS) is 18.3. The minimum atomic E-state index is -0.944. The number of carbonyl (C=O) groups excluding carboxylic acids is 4. The number of carbonyl (C=O) groups is 5. The van der Waals surface area contributed by atoms with Crippen molar-refractivity contribution in [2.75, 3.05) is 27.7 Å². The van der Waals surface area contributed by atoms with Crippen LogP contribution in [-0.2, 0) is 25.5 Å². The SMILES string of the molecule is CC[C@H](C)[C@H](CC(=O)[C@H]1CCCCN1C)C(=O)N(C)[C@H](C[C@@H](OC(=O)NC)c1nc(C(=O)N[C@@H](Cc2ccc(C)cc2)C[C@H](C)C(=O)O)cs1)C(C)C. The van der Waals surface area contributed by atoms with Crippen LogP contribution in [0.1, 0.15) is 112 Å². The van der Waals surface area contributed by atoms with Crippen LogP contribution in [0.2, 0.25) is 0 Å². The van der Waals surface area contributed by atoms with Gasteiger partial charge in [-0.15, -0.1) is 11.3 Å². The average molecular weight is 756 g/mol. The molecule has 2 aromatic rings. The van der Waals surface area contributed by atoms with Crippen LogP contribution in [0.4, 0.5) is 4.79 Å². The lowest BCUT2D eigenvalue weighted by Crippen LogP contribution is -2.48. The number of ketones is 1. The fourth-order valence-corrected chi connectivity index (χ4v) is 7.93. The monoisotopic (exact) mass is 755 g/mol. The number of aryl methyl sites for hydroxylation is 1. The van der Waals surface area contributed by atoms with Gasteiger partial charge in [0.25, 0.3) is 5.91 Å². The summed E-state index contributed by atoms with van der Waals surface area (Å²) < 4.78 is 5.83. The van der Waals surface area contributed by atoms with Gasteiger partial charge in [0, 0.05) is 50.3 Å². The number of nitrogens with zero attached hydrogens (tertiary/aromatic N) is 3. The molecule has 12 nitrogen and oxygen atoms in total. The summed E-state index contributed by atoms with van der Waals surface area (Å²) in [5.41, 5.74) is 2.19. The highest BCUT2D eigenvalue weighted by Crippen LogP contribution is 2.33. The zero-order chi connectivity index (χ0) is 39.4. The summed E-state index contributed by atoms with van der Waals surface area (Å²) in [5.74, 6) is -2.63. The molecule has 1 aliphatic rings. The number of carboxylic acid groups (broad SMARTS) is 1. The fourth-order valence-electron chi connectivity index (χ4n) is 7.09. The number of amides is 3. The number of likely N-dealkylation sites (tertiary alicyclic amines) is 1. The number of thiazole rings is 1. The number of rotatable bonds is 19. The quantitative estimate of drug-likeness (QED) is 0.150. The molecule has 53 heavy (non-hydrogen) atoms. The summed E-state index contributed by atoms with van der Waals surface area (Å²) >= 11 is 1.18. The molecule has 0 radical (unpaired) electrons. The standard InChI is InChI=1S/C40H61N5O7S/c1-10-26(5)30(21-34(46)32-13-11-12-18-44(32)8)38(48)45(9)33(24(2)3)22-35(52-40(51)41-7)37-43-31(23-53-37)36(47)42-29(19-27(6)39(49)50)20-28-16-14-25(4)15-17-28/h14-17,23-24,26-27,29-30,32-33,35H,10-13,18-22H2,1-9H3,(H,41,51)(H,42,47)(H,49,50)/t26-,27-,29+,30-,32+,33+,35+/m0/s1. The number of hydrogen-bond donors (Lipinski definition) is 3. The summed E-state index contributed by atoms with van der Waals surface area (Å²) in [4.78, 5) is 74.1. The lowest BCUT2D eigenvalue weighted by Gasteiger charge is -2.37. The maximum absolute atomic E-state index is 14.3. The van der Waals surface area contributed by atoms with E-state index in [1.807, 2.05) is 65.9 Å². The Kier molecular flexibility index (Phi) is 16.9. The lowest BCUT2D eigenvalue weighted by atomic mass is 9.83. The number of benzene rings is 1. The topological polar surface area (TPSA) is 158 Å². The van der Waals surface area contributed by atoms with E-state index in [1.54, 1.807) is 24.3 Å². The molecule has 0 bridgehead atoms. The molecule has 0 spiro atoms. The molecule has 2 heterocycles. The number of carboxylic acids is 1. The Morgan fingerprint density at radius 2 is 1.75 bits per heavy atom. The third-order valence-electron chi connectivity index (χ3n) is 10.8. The van der Waals surface area contributed by atoms with Crippen LogP contribution in [0.3, 0.4) is 0 Å². The van der Waals surface area contributed by atoms with Crippen LogP contribution in [0.5, 0.6) is 0 Å². The van der Waals surface area contributed by atoms with Gasteiger partial charge in [-0.2, -0.15) is 0 Å². The van der Waals surface area contributed by atoms with Crippen molar-refractivity contribution in [3.8, 4) is 0 Å². The second-order valence-electron chi connectivity index (χ2n) is 15.2. The predicted octanol–water partition coefficient (Wildman–Crippen LogP) is 6.28. The van der Waals surface area contributed by atoms with Gasteiger partial charge in [-0.05, 0) is 63.6 Å². The van der Waals surface area contributed by atoms with E-state index in [0.29, 0.717) is 11.4 Å². The maximum Gasteiger partial charge on any atom is 0.407 e. The Labute approximate surface area is 319 Å². The zero-order valence-corrected chi connectivity index (χ0v) is 33.8. The minimum Gasteiger partial charge on any atom is -0.481 e. The Morgan fingerprint density at radius 1 is 1.08 bits per heavy atom. The Balaban J connectivity index is 1.84. The summed E-state index contributed by atoms with van der Waals surface area (Å²) in [5, 5.41) is 17.1. The number of nitrogens with one attached hydrogen (secondary N) is 2. The molecule has 294 valence electrons. The van der Waals surface area contributed by atoms with Crippen molar-refractivity contribution in [3.05, 3.63) is 51.5 Å². The molecule has 3 rings (SSSR count). The molecule has 13 heteroatoms. The van der Waals surface area contributed by atoms with Gasteiger partial charge < -0.3 is 25.4 Å². The number of aliphatic carboxylic acids is 1. The third-order valence-corrected chi connectivity index (χ3v) is 11.7. The van der Waals surface area contributed by atoms with Crippen LogP contribution in [0, 0.1) is 30.6 Å². The van der Waals surface area contributed by atoms with Crippen molar-refractivity contribution in [1.82, 2.24) is 25.4 Å². The zero-order valence-electron chi connectivity index (χ0n) is 33.0. The predicted molar refractivity (Wildman–Crippen MR) is 207 cm³/mol. The first-order valence-electron chi connectivity index (χ1n) is 19.0. The Hall–Kier alpha value is -3.84. The van der Waals surface area contributed by atoms with Crippen molar-refractivity contribution in [3.63, 3.8) is 0 Å². The van der Waals surface area contributed by atoms with Crippen LogP contribution >= 0.6 is 11.3 Å². The van der Waals surface area contributed by atoms with Gasteiger partial charge in [0.1, 0.15) is 10.7 Å². The van der Waals surface area contributed by atoms with Gasteiger partial charge in [0.15, 0.2) is 11.9 Å². The highest BCUT2D eigenvalue weighted by atomic mass is 32.1. The van der Waals surface area contributed by atoms with E-state index in [1.165, 1.54) is 18.4 Å². The van der Waals surface area contributed by atoms with E-state index >= 15 is 0 Å². The second-order valence-corrected chi connectivity index (χ2v) is 16.1. The largest absolute Gasteiger partial charge is 0.481 e. The van der Waals surface area contributed by atoms with Gasteiger partial charge in [-0.3, -0.25) is 24.1 Å². The number of piperidine rings is 1. The summed E-state index contributed by atoms with van der Waals surface area (Å²) in [6.07, 6.45) is 3.15. The van der Waals surface area contributed by atoms with Crippen molar-refractivity contribution in [2.45, 2.75) is 117 Å². The fraction of sp³-hybridized carbons (Fsp3) is 0.650. The molecule has 1 aliphatic heterocycles. The number of Topliss-reactive ketones (excluding diaryl/α,β-unsaturated/α-hetero) is 1. The van der Waals surface area contributed by atoms with E-state index in [4.69, 9.17) is 4.74 Å². The van der Waals surface area contributed by atoms with Crippen LogP contribution in [-0.4, -0.2) is 95.4 Å². The first-order valence-corrected chi connectivity index (χ1v) is 19.9. The third kappa shape index (κ3) is 12.6. The highest BCUT2D eigenvalue weighted by molar-refractivity contribution is 7.09. The molecular weight excluding hydrogens is 695 g/mol. The van der Waals surface area contributed by atoms with Crippen molar-refractivity contribution in [1.29, 1.82) is 0 Å². The number of ether oxygens (including phenoxy) is 1. The van der Waals surface area contributed by atoms with E-state index in [0.717, 1.165) is 43.4 Å². The van der Waals surface area contributed by atoms with Gasteiger partial charge in [0.05, 0.1) is 12.0 Å². The molecule has 1 fully saturated rings. The number of hydrogen-bond acceptors (Lipinski definition) is 9. The molecule has 0 aliphatic carbocycles. The Morgan fingerprint density at radius 3 is 2.34 bits per heavy atom. The molecular formula is C40H61N5O7S. The maximum atomic E-state index is 14.3. The molecule has 1 aromatic carbocycles. The molecule has 3 N–H and O–H groups in total. The Bertz CT molecular complexity index is 1530.